The molecule has 122 valence electrons. The molecule has 1 fully saturated rings. The van der Waals surface area contributed by atoms with Crippen molar-refractivity contribution in [2.75, 3.05) is 6.61 Å². The van der Waals surface area contributed by atoms with Crippen LogP contribution in [-0.4, -0.2) is 36.2 Å². The van der Waals surface area contributed by atoms with Gasteiger partial charge in [-0.1, -0.05) is 20.8 Å². The third-order valence-corrected chi connectivity index (χ3v) is 3.57. The number of ether oxygens (including phenoxy) is 2. The topological polar surface area (TPSA) is 64.6 Å². The first-order valence-electron chi connectivity index (χ1n) is 7.80. The molecule has 1 heterocycles. The molecule has 0 spiro atoms. The highest BCUT2D eigenvalue weighted by Gasteiger charge is 2.36. The summed E-state index contributed by atoms with van der Waals surface area (Å²) >= 11 is 0. The summed E-state index contributed by atoms with van der Waals surface area (Å²) in [6.07, 6.45) is 1.47. The first kappa shape index (κ1) is 18.0. The number of carbonyl (C=O) groups excluding carboxylic acids is 2. The molecule has 0 bridgehead atoms. The van der Waals surface area contributed by atoms with Gasteiger partial charge in [-0.2, -0.15) is 0 Å². The van der Waals surface area contributed by atoms with E-state index in [1.807, 2.05) is 41.5 Å². The highest BCUT2D eigenvalue weighted by atomic mass is 16.6. The van der Waals surface area contributed by atoms with E-state index >= 15 is 0 Å². The molecule has 0 aliphatic carbocycles. The van der Waals surface area contributed by atoms with Crippen LogP contribution in [0.25, 0.3) is 0 Å². The van der Waals surface area contributed by atoms with Crippen LogP contribution in [0.5, 0.6) is 0 Å². The van der Waals surface area contributed by atoms with Gasteiger partial charge in [-0.15, -0.1) is 0 Å². The summed E-state index contributed by atoms with van der Waals surface area (Å²) in [5, 5.41) is 2.85. The fourth-order valence-electron chi connectivity index (χ4n) is 2.47. The molecule has 0 aromatic heterocycles. The fraction of sp³-hybridized carbons (Fsp3) is 0.875. The lowest BCUT2D eigenvalue weighted by Crippen LogP contribution is -2.50. The molecule has 2 unspecified atom stereocenters. The van der Waals surface area contributed by atoms with Gasteiger partial charge in [0, 0.05) is 6.61 Å². The number of carbonyl (C=O) groups is 2. The van der Waals surface area contributed by atoms with Crippen molar-refractivity contribution < 1.29 is 19.1 Å². The highest BCUT2D eigenvalue weighted by Crippen LogP contribution is 2.24. The predicted octanol–water partition coefficient (Wildman–Crippen LogP) is 2.28. The zero-order chi connectivity index (χ0) is 16.2. The number of amides is 1. The van der Waals surface area contributed by atoms with Gasteiger partial charge in [-0.25, -0.2) is 4.79 Å². The molecule has 0 radical (unpaired) electrons. The minimum Gasteiger partial charge on any atom is -0.458 e. The molecule has 5 nitrogen and oxygen atoms in total. The van der Waals surface area contributed by atoms with Gasteiger partial charge in [-0.05, 0) is 39.5 Å². The quantitative estimate of drug-likeness (QED) is 0.791. The van der Waals surface area contributed by atoms with Crippen molar-refractivity contribution in [3.05, 3.63) is 0 Å². The van der Waals surface area contributed by atoms with E-state index < -0.39 is 11.6 Å². The summed E-state index contributed by atoms with van der Waals surface area (Å²) in [7, 11) is 0. The Hall–Kier alpha value is -1.10. The van der Waals surface area contributed by atoms with Gasteiger partial charge in [0.25, 0.3) is 0 Å². The highest BCUT2D eigenvalue weighted by molar-refractivity contribution is 5.86. The second-order valence-corrected chi connectivity index (χ2v) is 6.98. The summed E-state index contributed by atoms with van der Waals surface area (Å²) in [5.41, 5.74) is -0.558. The monoisotopic (exact) mass is 299 g/mol. The SMILES string of the molecule is CCC1OCCC1C(=O)N[C@@H](C(=O)OC(C)(C)C)C(C)C. The van der Waals surface area contributed by atoms with Crippen molar-refractivity contribution in [1.82, 2.24) is 5.32 Å². The van der Waals surface area contributed by atoms with Crippen LogP contribution >= 0.6 is 0 Å². The van der Waals surface area contributed by atoms with E-state index in [1.54, 1.807) is 0 Å². The molecule has 21 heavy (non-hydrogen) atoms. The van der Waals surface area contributed by atoms with Crippen LogP contribution in [0.2, 0.25) is 0 Å². The Kier molecular flexibility index (Phi) is 6.20. The van der Waals surface area contributed by atoms with Crippen molar-refractivity contribution in [3.63, 3.8) is 0 Å². The second-order valence-electron chi connectivity index (χ2n) is 6.98. The van der Waals surface area contributed by atoms with Crippen LogP contribution in [0, 0.1) is 11.8 Å². The van der Waals surface area contributed by atoms with Gasteiger partial charge in [0.15, 0.2) is 0 Å². The Morgan fingerprint density at radius 1 is 1.33 bits per heavy atom. The van der Waals surface area contributed by atoms with E-state index in [9.17, 15) is 9.59 Å². The number of hydrogen-bond donors (Lipinski definition) is 1. The van der Waals surface area contributed by atoms with Crippen molar-refractivity contribution in [3.8, 4) is 0 Å². The van der Waals surface area contributed by atoms with Gasteiger partial charge in [0.2, 0.25) is 5.91 Å². The summed E-state index contributed by atoms with van der Waals surface area (Å²) in [6, 6.07) is -0.616. The van der Waals surface area contributed by atoms with E-state index in [0.29, 0.717) is 13.0 Å². The molecule has 5 heteroatoms. The zero-order valence-electron chi connectivity index (χ0n) is 14.1. The Morgan fingerprint density at radius 3 is 2.43 bits per heavy atom. The molecule has 1 aliphatic rings. The summed E-state index contributed by atoms with van der Waals surface area (Å²) in [6.45, 7) is 11.9. The maximum atomic E-state index is 12.4. The maximum absolute atomic E-state index is 12.4. The van der Waals surface area contributed by atoms with Crippen LogP contribution in [0.4, 0.5) is 0 Å². The van der Waals surface area contributed by atoms with E-state index in [1.165, 1.54) is 0 Å². The fourth-order valence-corrected chi connectivity index (χ4v) is 2.47. The average Bonchev–Trinajstić information content (AvgIpc) is 2.81. The van der Waals surface area contributed by atoms with Gasteiger partial charge >= 0.3 is 5.97 Å². The molecule has 1 aliphatic heterocycles. The van der Waals surface area contributed by atoms with Crippen molar-refractivity contribution in [1.29, 1.82) is 0 Å². The van der Waals surface area contributed by atoms with Crippen LogP contribution in [0.1, 0.15) is 54.4 Å². The lowest BCUT2D eigenvalue weighted by atomic mass is 9.96. The van der Waals surface area contributed by atoms with Gasteiger partial charge in [0.05, 0.1) is 12.0 Å². The number of rotatable bonds is 5. The molecule has 0 saturated carbocycles. The number of hydrogen-bond acceptors (Lipinski definition) is 4. The predicted molar refractivity (Wildman–Crippen MR) is 80.8 cm³/mol. The Labute approximate surface area is 127 Å². The molecular formula is C16H29NO4. The Balaban J connectivity index is 2.70. The molecular weight excluding hydrogens is 270 g/mol. The molecule has 1 amide bonds. The van der Waals surface area contributed by atoms with Crippen molar-refractivity contribution >= 4 is 11.9 Å². The normalized spacial score (nSPS) is 24.0. The minimum absolute atomic E-state index is 0.0220. The molecule has 3 atom stereocenters. The average molecular weight is 299 g/mol. The standard InChI is InChI=1S/C16H29NO4/c1-7-12-11(8-9-20-12)14(18)17-13(10(2)3)15(19)21-16(4,5)6/h10-13H,7-9H2,1-6H3,(H,17,18)/t11?,12?,13-/m1/s1. The van der Waals surface area contributed by atoms with Crippen molar-refractivity contribution in [2.45, 2.75) is 72.1 Å². The van der Waals surface area contributed by atoms with Crippen molar-refractivity contribution in [2.24, 2.45) is 11.8 Å². The van der Waals surface area contributed by atoms with Gasteiger partial charge in [0.1, 0.15) is 11.6 Å². The van der Waals surface area contributed by atoms with E-state index in [4.69, 9.17) is 9.47 Å². The van der Waals surface area contributed by atoms with Crippen LogP contribution in [-0.2, 0) is 19.1 Å². The summed E-state index contributed by atoms with van der Waals surface area (Å²) in [4.78, 5) is 24.6. The molecule has 1 rings (SSSR count). The summed E-state index contributed by atoms with van der Waals surface area (Å²) in [5.74, 6) is -0.674. The van der Waals surface area contributed by atoms with Crippen LogP contribution < -0.4 is 5.32 Å². The third kappa shape index (κ3) is 5.30. The zero-order valence-corrected chi connectivity index (χ0v) is 14.1. The van der Waals surface area contributed by atoms with Crippen LogP contribution in [0.15, 0.2) is 0 Å². The lowest BCUT2D eigenvalue weighted by molar-refractivity contribution is -0.160. The minimum atomic E-state index is -0.616. The van der Waals surface area contributed by atoms with Gasteiger partial charge < -0.3 is 14.8 Å². The second kappa shape index (κ2) is 7.25. The molecule has 1 saturated heterocycles. The van der Waals surface area contributed by atoms with Gasteiger partial charge in [-0.3, -0.25) is 4.79 Å². The van der Waals surface area contributed by atoms with Crippen LogP contribution in [0.3, 0.4) is 0 Å². The molecule has 1 N–H and O–H groups in total. The third-order valence-electron chi connectivity index (χ3n) is 3.57. The van der Waals surface area contributed by atoms with E-state index in [2.05, 4.69) is 5.32 Å². The Bertz CT molecular complexity index is 373. The summed E-state index contributed by atoms with van der Waals surface area (Å²) < 4.78 is 10.9. The number of esters is 1. The Morgan fingerprint density at radius 2 is 1.95 bits per heavy atom. The lowest BCUT2D eigenvalue weighted by Gasteiger charge is -2.28. The largest absolute Gasteiger partial charge is 0.458 e. The van der Waals surface area contributed by atoms with E-state index in [0.717, 1.165) is 6.42 Å². The molecule has 0 aromatic carbocycles. The maximum Gasteiger partial charge on any atom is 0.329 e. The first-order chi connectivity index (χ1) is 9.65. The molecule has 0 aromatic rings. The number of nitrogens with one attached hydrogen (secondary N) is 1. The smallest absolute Gasteiger partial charge is 0.329 e. The van der Waals surface area contributed by atoms with E-state index in [-0.39, 0.29) is 29.8 Å². The first-order valence-corrected chi connectivity index (χ1v) is 7.80.